The minimum atomic E-state index is -0.105. The third-order valence-electron chi connectivity index (χ3n) is 18.7. The third kappa shape index (κ3) is 38.1. The third-order valence-corrected chi connectivity index (χ3v) is 22.3. The molecule has 0 aliphatic carbocycles. The molecule has 99 heavy (non-hydrogen) atoms. The van der Waals surface area contributed by atoms with Crippen molar-refractivity contribution in [2.45, 2.75) is 324 Å². The molecule has 0 radical (unpaired) electrons. The molecule has 5 heterocycles. The van der Waals surface area contributed by atoms with Crippen LogP contribution in [-0.2, 0) is 0 Å². The number of carbonyl (C=O) groups is 2. The minimum Gasteiger partial charge on any atom is -0.354 e. The first-order valence-electron chi connectivity index (χ1n) is 40.6. The van der Waals surface area contributed by atoms with Gasteiger partial charge in [-0.25, -0.2) is 0 Å². The molecule has 0 saturated heterocycles. The first-order chi connectivity index (χ1) is 48.8. The van der Waals surface area contributed by atoms with E-state index in [1.165, 1.54) is 267 Å². The highest BCUT2D eigenvalue weighted by molar-refractivity contribution is 7.27. The number of hydrogen-bond acceptors (Lipinski definition) is 17. The lowest BCUT2D eigenvalue weighted by Gasteiger charge is -2.24. The van der Waals surface area contributed by atoms with Gasteiger partial charge in [0.2, 0.25) is 35.7 Å². The predicted octanol–water partition coefficient (Wildman–Crippen LogP) is 23.0. The van der Waals surface area contributed by atoms with E-state index in [2.05, 4.69) is 95.4 Å². The van der Waals surface area contributed by atoms with Crippen LogP contribution in [-0.4, -0.2) is 107 Å². The second-order valence-electron chi connectivity index (χ2n) is 27.7. The summed E-state index contributed by atoms with van der Waals surface area (Å²) in [7, 11) is 0. The molecule has 0 spiro atoms. The van der Waals surface area contributed by atoms with E-state index in [0.717, 1.165) is 109 Å². The van der Waals surface area contributed by atoms with Gasteiger partial charge in [0.1, 0.15) is 0 Å². The molecule has 0 fully saturated rings. The summed E-state index contributed by atoms with van der Waals surface area (Å²) in [6, 6.07) is 12.1. The molecule has 0 unspecified atom stereocenters. The Kier molecular flexibility index (Phi) is 48.2. The van der Waals surface area contributed by atoms with E-state index < -0.39 is 0 Å². The Bertz CT molecular complexity index is 2570. The monoisotopic (exact) mass is 1420 g/mol. The molecule has 5 aromatic rings. The van der Waals surface area contributed by atoms with Gasteiger partial charge in [-0.3, -0.25) is 9.59 Å². The van der Waals surface area contributed by atoms with Crippen LogP contribution in [0.3, 0.4) is 0 Å². The van der Waals surface area contributed by atoms with Crippen molar-refractivity contribution in [3.8, 4) is 19.5 Å². The summed E-state index contributed by atoms with van der Waals surface area (Å²) in [5.41, 5.74) is 0. The Morgan fingerprint density at radius 2 is 0.505 bits per heavy atom. The summed E-state index contributed by atoms with van der Waals surface area (Å²) in [4.78, 5) is 67.5. The lowest BCUT2D eigenvalue weighted by atomic mass is 10.1. The van der Waals surface area contributed by atoms with Crippen LogP contribution in [0.1, 0.15) is 343 Å². The van der Waals surface area contributed by atoms with E-state index in [9.17, 15) is 9.59 Å². The van der Waals surface area contributed by atoms with Crippen LogP contribution in [0.2, 0.25) is 0 Å². The van der Waals surface area contributed by atoms with Crippen molar-refractivity contribution in [1.82, 2.24) is 40.5 Å². The van der Waals surface area contributed by atoms with Gasteiger partial charge in [-0.2, -0.15) is 29.9 Å². The molecular formula is C80H138N14O2S3. The number of thiophene rings is 3. The summed E-state index contributed by atoms with van der Waals surface area (Å²) >= 11 is 4.66. The zero-order chi connectivity index (χ0) is 70.3. The van der Waals surface area contributed by atoms with Gasteiger partial charge < -0.3 is 41.7 Å². The first-order valence-corrected chi connectivity index (χ1v) is 43.1. The fourth-order valence-corrected chi connectivity index (χ4v) is 15.6. The van der Waals surface area contributed by atoms with Crippen molar-refractivity contribution in [3.05, 3.63) is 46.2 Å². The van der Waals surface area contributed by atoms with E-state index in [4.69, 9.17) is 29.9 Å². The van der Waals surface area contributed by atoms with Crippen molar-refractivity contribution in [2.24, 2.45) is 0 Å². The highest BCUT2D eigenvalue weighted by Gasteiger charge is 2.19. The number of unbranched alkanes of at least 4 members (excludes halogenated alkanes) is 38. The van der Waals surface area contributed by atoms with Gasteiger partial charge in [0, 0.05) is 85.0 Å². The number of hydrogen-bond donors (Lipinski definition) is 6. The second kappa shape index (κ2) is 56.4. The van der Waals surface area contributed by atoms with Crippen LogP contribution in [0.25, 0.3) is 19.5 Å². The van der Waals surface area contributed by atoms with Gasteiger partial charge in [-0.15, -0.1) is 34.0 Å². The molecular weight excluding hydrogens is 1290 g/mol. The number of amides is 2. The zero-order valence-corrected chi connectivity index (χ0v) is 65.7. The van der Waals surface area contributed by atoms with Gasteiger partial charge in [0.15, 0.2) is 0 Å². The van der Waals surface area contributed by atoms with Crippen LogP contribution < -0.4 is 41.7 Å². The van der Waals surface area contributed by atoms with Crippen LogP contribution in [0.15, 0.2) is 36.4 Å². The van der Waals surface area contributed by atoms with E-state index in [-0.39, 0.29) is 11.8 Å². The second-order valence-corrected chi connectivity index (χ2v) is 30.9. The number of anilines is 6. The van der Waals surface area contributed by atoms with E-state index in [1.807, 2.05) is 24.3 Å². The summed E-state index contributed by atoms with van der Waals surface area (Å²) in [6.07, 6.45) is 55.8. The molecule has 0 aliphatic heterocycles. The predicted molar refractivity (Wildman–Crippen MR) is 431 cm³/mol. The normalized spacial score (nSPS) is 11.4. The first kappa shape index (κ1) is 84.5. The average molecular weight is 1420 g/mol. The van der Waals surface area contributed by atoms with Gasteiger partial charge in [-0.05, 0) is 74.9 Å². The molecule has 0 aliphatic rings. The van der Waals surface area contributed by atoms with Crippen LogP contribution in [0.4, 0.5) is 35.7 Å². The highest BCUT2D eigenvalue weighted by atomic mass is 32.1. The van der Waals surface area contributed by atoms with Gasteiger partial charge in [-0.1, -0.05) is 286 Å². The summed E-state index contributed by atoms with van der Waals surface area (Å²) < 4.78 is 0. The summed E-state index contributed by atoms with van der Waals surface area (Å²) in [5, 5.41) is 20.3. The van der Waals surface area contributed by atoms with Gasteiger partial charge in [0.05, 0.1) is 9.75 Å². The molecule has 19 heteroatoms. The van der Waals surface area contributed by atoms with Crippen molar-refractivity contribution < 1.29 is 9.59 Å². The fraction of sp³-hybridized carbons (Fsp3) is 0.750. The van der Waals surface area contributed by atoms with Crippen molar-refractivity contribution >= 4 is 81.5 Å². The molecule has 0 bridgehead atoms. The maximum Gasteiger partial charge on any atom is 0.261 e. The largest absolute Gasteiger partial charge is 0.354 e. The molecule has 6 N–H and O–H groups in total. The number of nitrogens with one attached hydrogen (secondary N) is 6. The molecule has 0 aromatic carbocycles. The van der Waals surface area contributed by atoms with Crippen LogP contribution in [0.5, 0.6) is 0 Å². The fourth-order valence-electron chi connectivity index (χ4n) is 12.6. The molecule has 0 saturated carbocycles. The maximum atomic E-state index is 13.6. The van der Waals surface area contributed by atoms with Crippen LogP contribution >= 0.6 is 34.0 Å². The molecule has 5 aromatic heterocycles. The van der Waals surface area contributed by atoms with Gasteiger partial charge >= 0.3 is 0 Å². The number of carbonyl (C=O) groups excluding carboxylic acids is 2. The Balaban J connectivity index is 1.14. The van der Waals surface area contributed by atoms with Crippen molar-refractivity contribution in [1.29, 1.82) is 0 Å². The Morgan fingerprint density at radius 1 is 0.273 bits per heavy atom. The lowest BCUT2D eigenvalue weighted by molar-refractivity contribution is 0.0951. The zero-order valence-electron chi connectivity index (χ0n) is 63.3. The van der Waals surface area contributed by atoms with Crippen molar-refractivity contribution in [3.63, 3.8) is 0 Å². The Labute approximate surface area is 614 Å². The Morgan fingerprint density at radius 3 is 0.788 bits per heavy atom. The Hall–Kier alpha value is -5.14. The SMILES string of the molecule is CCCCCCCCCCCCNc1nc(NCCNC(=O)c2ccc(-c3ccc(-c4ccc(C(=O)NCCNc5nc(NCCCCCCCCCCCC)nc(N(CCCCCCCC)CCCCCCCC)n5)s4)s3)s2)nc(N(CCCCCCCC)CCCCCCCC)n1. The lowest BCUT2D eigenvalue weighted by Crippen LogP contribution is -2.30. The number of rotatable bonds is 66. The van der Waals surface area contributed by atoms with E-state index in [1.54, 1.807) is 11.3 Å². The average Bonchev–Trinajstić information content (AvgIpc) is 1.73. The topological polar surface area (TPSA) is 190 Å². The minimum absolute atomic E-state index is 0.105. The molecule has 16 nitrogen and oxygen atoms in total. The molecule has 558 valence electrons. The molecule has 0 atom stereocenters. The number of aromatic nitrogens is 6. The quantitative estimate of drug-likeness (QED) is 0.0202. The highest BCUT2D eigenvalue weighted by Crippen LogP contribution is 2.40. The molecule has 2 amide bonds. The molecule has 5 rings (SSSR count). The van der Waals surface area contributed by atoms with E-state index >= 15 is 0 Å². The van der Waals surface area contributed by atoms with Gasteiger partial charge in [0.25, 0.3) is 11.8 Å². The smallest absolute Gasteiger partial charge is 0.261 e. The van der Waals surface area contributed by atoms with Crippen molar-refractivity contribution in [2.75, 3.05) is 96.5 Å². The standard InChI is InChI=1S/C80H138N14O2S3/c1-7-13-19-25-31-33-35-37-39-45-57-83-75-87-77(91-79(89-75)93(63-47-41-27-21-15-9-3)64-48-42-28-22-16-10-4)85-61-59-81-73(95)71-55-53-69(98-71)67-51-52-68(97-67)70-54-56-72(99-70)74(96)82-60-62-86-78-88-76(84-58-46-40-38-36-34-32-26-20-14-8-2)90-80(92-78)94(65-49-43-29-23-17-11-5)66-50-44-30-24-18-12-6/h51-56H,7-50,57-66H2,1-6H3,(H,81,95)(H,82,96)(H2,83,85,87,89,91)(H2,84,86,88,90,92). The number of nitrogens with zero attached hydrogens (tertiary/aromatic N) is 8. The summed E-state index contributed by atoms with van der Waals surface area (Å²) in [5.74, 6) is 3.57. The van der Waals surface area contributed by atoms with Crippen LogP contribution in [0, 0.1) is 0 Å². The summed E-state index contributed by atoms with van der Waals surface area (Å²) in [6.45, 7) is 20.8. The van der Waals surface area contributed by atoms with E-state index in [0.29, 0.717) is 59.7 Å². The maximum absolute atomic E-state index is 13.6.